The minimum absolute atomic E-state index is 0. The third-order valence-electron chi connectivity index (χ3n) is 2.00. The molecule has 0 unspecified atom stereocenters. The van der Waals surface area contributed by atoms with Gasteiger partial charge in [0.1, 0.15) is 0 Å². The fraction of sp³-hybridized carbons (Fsp3) is 1.00. The van der Waals surface area contributed by atoms with Crippen molar-refractivity contribution in [2.75, 3.05) is 6.16 Å². The first-order valence-electron chi connectivity index (χ1n) is 6.57. The van der Waals surface area contributed by atoms with Gasteiger partial charge in [-0.15, -0.1) is 17.0 Å². The van der Waals surface area contributed by atoms with Crippen LogP contribution in [0, 0.1) is 0 Å². The van der Waals surface area contributed by atoms with Gasteiger partial charge in [0.15, 0.2) is 0 Å². The Balaban J connectivity index is -0.000000238. The fourth-order valence-electron chi connectivity index (χ4n) is 0.853. The van der Waals surface area contributed by atoms with E-state index >= 15 is 0 Å². The molecule has 18 heavy (non-hydrogen) atoms. The van der Waals surface area contributed by atoms with E-state index in [0.717, 1.165) is 6.42 Å². The predicted molar refractivity (Wildman–Crippen MR) is 84.5 cm³/mol. The number of rotatable bonds is 9. The van der Waals surface area contributed by atoms with Gasteiger partial charge in [-0.25, -0.2) is 0 Å². The van der Waals surface area contributed by atoms with Gasteiger partial charge in [-0.05, 0) is 0 Å². The normalized spacial score (nSPS) is 11.4. The first kappa shape index (κ1) is 24.3. The summed E-state index contributed by atoms with van der Waals surface area (Å²) in [5.41, 5.74) is 0. The van der Waals surface area contributed by atoms with Crippen molar-refractivity contribution in [2.45, 2.75) is 69.9 Å². The predicted octanol–water partition coefficient (Wildman–Crippen LogP) is 4.34. The van der Waals surface area contributed by atoms with E-state index in [1.165, 1.54) is 36.3 Å². The number of hydrogen-bond acceptors (Lipinski definition) is 3. The summed E-state index contributed by atoms with van der Waals surface area (Å²) in [7, 11) is -3.68. The molecule has 6 heteroatoms. The Morgan fingerprint density at radius 3 is 1.39 bits per heavy atom. The van der Waals surface area contributed by atoms with E-state index in [-0.39, 0.29) is 23.1 Å². The second-order valence-electron chi connectivity index (χ2n) is 4.04. The molecule has 0 heterocycles. The first-order valence-corrected chi connectivity index (χ1v) is 9.95. The van der Waals surface area contributed by atoms with Gasteiger partial charge in [-0.1, -0.05) is 0 Å². The molecular formula is C12H32BrCuO3P. The third-order valence-corrected chi connectivity index (χ3v) is 4.36. The summed E-state index contributed by atoms with van der Waals surface area (Å²) in [5, 5.41) is 2.72. The standard InChI is InChI=1S/C4H13O3P.2C4H9.BrH.Cu/c1-2-3-4-8(5,6)7;2*1-3-4-2;;/h5-8H,2-4H2,1H3;2*1,3-4H2,2H3;1H;. The molecule has 0 saturated carbocycles. The molecule has 3 N–H and O–H groups in total. The van der Waals surface area contributed by atoms with E-state index in [2.05, 4.69) is 28.8 Å². The number of halogens is 1. The zero-order valence-electron chi connectivity index (χ0n) is 11.9. The van der Waals surface area contributed by atoms with E-state index in [4.69, 9.17) is 14.7 Å². The first-order chi connectivity index (χ1) is 7.97. The van der Waals surface area contributed by atoms with Crippen LogP contribution >= 0.6 is 24.9 Å². The van der Waals surface area contributed by atoms with Gasteiger partial charge in [0.2, 0.25) is 0 Å². The van der Waals surface area contributed by atoms with Gasteiger partial charge in [0, 0.05) is 0 Å². The van der Waals surface area contributed by atoms with E-state index in [1.807, 2.05) is 6.92 Å². The van der Waals surface area contributed by atoms with Crippen molar-refractivity contribution >= 4 is 24.9 Å². The molecule has 0 atom stereocenters. The molecule has 0 aliphatic rings. The average Bonchev–Trinajstić information content (AvgIpc) is 2.26. The molecule has 0 aliphatic carbocycles. The summed E-state index contributed by atoms with van der Waals surface area (Å²) in [4.78, 5) is 25.2. The van der Waals surface area contributed by atoms with Crippen LogP contribution in [0.15, 0.2) is 0 Å². The van der Waals surface area contributed by atoms with Crippen LogP contribution in [0.4, 0.5) is 0 Å². The summed E-state index contributed by atoms with van der Waals surface area (Å²) in [6, 6.07) is 0. The van der Waals surface area contributed by atoms with Crippen LogP contribution in [0.1, 0.15) is 59.3 Å². The van der Waals surface area contributed by atoms with Gasteiger partial charge >= 0.3 is 114 Å². The SMILES string of the molecule is Br.CCCC[PH](O)(O)O.CCC[CH2][Cu][CH2]CCC. The second kappa shape index (κ2) is 18.3. The summed E-state index contributed by atoms with van der Waals surface area (Å²) in [6.07, 6.45) is 7.22. The van der Waals surface area contributed by atoms with Crippen molar-refractivity contribution in [2.24, 2.45) is 0 Å². The van der Waals surface area contributed by atoms with Crippen LogP contribution in [0.3, 0.4) is 0 Å². The third kappa shape index (κ3) is 30.4. The molecule has 0 rings (SSSR count). The van der Waals surface area contributed by atoms with Gasteiger partial charge < -0.3 is 0 Å². The molecule has 0 saturated heterocycles. The molecule has 0 amide bonds. The molecule has 0 aromatic rings. The van der Waals surface area contributed by atoms with Gasteiger partial charge in [-0.2, -0.15) is 0 Å². The van der Waals surface area contributed by atoms with Crippen LogP contribution in [0.5, 0.6) is 0 Å². The van der Waals surface area contributed by atoms with Crippen LogP contribution in [0.2, 0.25) is 10.6 Å². The van der Waals surface area contributed by atoms with Gasteiger partial charge in [0.05, 0.1) is 0 Å². The molecule has 0 aromatic heterocycles. The van der Waals surface area contributed by atoms with Crippen LogP contribution in [-0.2, 0) is 15.0 Å². The molecule has 0 aromatic carbocycles. The average molecular weight is 399 g/mol. The Bertz CT molecular complexity index is 140. The Hall–Kier alpha value is 1.31. The molecule has 0 spiro atoms. The quantitative estimate of drug-likeness (QED) is 0.307. The van der Waals surface area contributed by atoms with Crippen molar-refractivity contribution in [3.63, 3.8) is 0 Å². The Morgan fingerprint density at radius 1 is 0.778 bits per heavy atom. The molecule has 0 aliphatic heterocycles. The molecule has 3 nitrogen and oxygen atoms in total. The van der Waals surface area contributed by atoms with E-state index in [9.17, 15) is 0 Å². The topological polar surface area (TPSA) is 60.7 Å². The van der Waals surface area contributed by atoms with Crippen molar-refractivity contribution in [1.29, 1.82) is 0 Å². The molecule has 0 radical (unpaired) electrons. The van der Waals surface area contributed by atoms with Crippen LogP contribution in [0.25, 0.3) is 0 Å². The van der Waals surface area contributed by atoms with Crippen molar-refractivity contribution < 1.29 is 29.6 Å². The molecule has 121 valence electrons. The number of hydrogen-bond donors (Lipinski definition) is 3. The summed E-state index contributed by atoms with van der Waals surface area (Å²) in [6.45, 7) is 6.43. The molecule has 0 bridgehead atoms. The van der Waals surface area contributed by atoms with Crippen molar-refractivity contribution in [3.05, 3.63) is 0 Å². The summed E-state index contributed by atoms with van der Waals surface area (Å²) in [5.74, 6) is 0. The van der Waals surface area contributed by atoms with E-state index < -0.39 is 7.94 Å². The monoisotopic (exact) mass is 397 g/mol. The summed E-state index contributed by atoms with van der Waals surface area (Å²) < 4.78 is 0. The van der Waals surface area contributed by atoms with Crippen molar-refractivity contribution in [3.8, 4) is 0 Å². The fourth-order valence-corrected chi connectivity index (χ4v) is 3.05. The van der Waals surface area contributed by atoms with Crippen LogP contribution < -0.4 is 0 Å². The Kier molecular flexibility index (Phi) is 24.8. The Labute approximate surface area is 130 Å². The summed E-state index contributed by atoms with van der Waals surface area (Å²) >= 11 is 2.18. The molecule has 0 fully saturated rings. The maximum atomic E-state index is 8.40. The Morgan fingerprint density at radius 2 is 1.17 bits per heavy atom. The van der Waals surface area contributed by atoms with Gasteiger partial charge in [0.25, 0.3) is 0 Å². The van der Waals surface area contributed by atoms with Crippen LogP contribution in [-0.4, -0.2) is 20.8 Å². The second-order valence-corrected chi connectivity index (χ2v) is 7.50. The van der Waals surface area contributed by atoms with E-state index in [1.54, 1.807) is 0 Å². The zero-order valence-corrected chi connectivity index (χ0v) is 15.6. The maximum absolute atomic E-state index is 8.40. The number of unbranched alkanes of at least 4 members (excludes halogenated alkanes) is 3. The van der Waals surface area contributed by atoms with E-state index in [0.29, 0.717) is 6.42 Å². The van der Waals surface area contributed by atoms with Gasteiger partial charge in [-0.3, -0.25) is 0 Å². The molecular weight excluding hydrogens is 367 g/mol. The van der Waals surface area contributed by atoms with Crippen molar-refractivity contribution in [1.82, 2.24) is 0 Å². The minimum atomic E-state index is -3.68. The zero-order chi connectivity index (χ0) is 13.6.